The molecule has 14 heavy (non-hydrogen) atoms. The van der Waals surface area contributed by atoms with Crippen LogP contribution in [0.1, 0.15) is 41.2 Å². The minimum atomic E-state index is 0.120. The van der Waals surface area contributed by atoms with E-state index < -0.39 is 0 Å². The van der Waals surface area contributed by atoms with E-state index in [9.17, 15) is 4.79 Å². The first-order chi connectivity index (χ1) is 6.72. The Labute approximate surface area is 86.5 Å². The van der Waals surface area contributed by atoms with E-state index in [2.05, 4.69) is 9.97 Å². The molecule has 1 fully saturated rings. The highest BCUT2D eigenvalue weighted by atomic mass is 35.5. The zero-order valence-electron chi connectivity index (χ0n) is 7.53. The van der Waals surface area contributed by atoms with E-state index in [1.54, 1.807) is 0 Å². The van der Waals surface area contributed by atoms with Gasteiger partial charge in [-0.3, -0.25) is 4.79 Å². The second-order valence-electron chi connectivity index (χ2n) is 3.42. The fraction of sp³-hybridized carbons (Fsp3) is 0.444. The number of halogens is 1. The Bertz CT molecular complexity index is 377. The Hall–Kier alpha value is -1.16. The largest absolute Gasteiger partial charge is 0.383 e. The number of hydrogen-bond acceptors (Lipinski definition) is 4. The molecule has 4 nitrogen and oxygen atoms in total. The Morgan fingerprint density at radius 3 is 2.64 bits per heavy atom. The van der Waals surface area contributed by atoms with Crippen LogP contribution >= 0.6 is 11.6 Å². The monoisotopic (exact) mass is 211 g/mol. The average molecular weight is 212 g/mol. The predicted molar refractivity (Wildman–Crippen MR) is 53.4 cm³/mol. The topological polar surface area (TPSA) is 68.9 Å². The summed E-state index contributed by atoms with van der Waals surface area (Å²) in [6.07, 6.45) is 3.98. The van der Waals surface area contributed by atoms with Gasteiger partial charge in [-0.15, -0.1) is 0 Å². The lowest BCUT2D eigenvalue weighted by molar-refractivity contribution is 0.112. The molecular formula is C9H10ClN3O. The maximum Gasteiger partial charge on any atom is 0.224 e. The van der Waals surface area contributed by atoms with Gasteiger partial charge in [-0.2, -0.15) is 0 Å². The molecule has 1 aliphatic rings. The third kappa shape index (κ3) is 1.46. The molecule has 0 unspecified atom stereocenters. The molecule has 0 radical (unpaired) electrons. The van der Waals surface area contributed by atoms with Gasteiger partial charge in [-0.25, -0.2) is 9.97 Å². The summed E-state index contributed by atoms with van der Waals surface area (Å²) >= 11 is 5.69. The number of anilines is 1. The van der Waals surface area contributed by atoms with Crippen LogP contribution in [-0.2, 0) is 0 Å². The number of aromatic nitrogens is 2. The van der Waals surface area contributed by atoms with Gasteiger partial charge >= 0.3 is 0 Å². The predicted octanol–water partition coefficient (Wildman–Crippen LogP) is 1.79. The summed E-state index contributed by atoms with van der Waals surface area (Å²) in [5.41, 5.74) is 6.70. The van der Waals surface area contributed by atoms with E-state index in [0.29, 0.717) is 23.5 Å². The van der Waals surface area contributed by atoms with Crippen LogP contribution in [0, 0.1) is 0 Å². The van der Waals surface area contributed by atoms with E-state index in [4.69, 9.17) is 17.3 Å². The quantitative estimate of drug-likeness (QED) is 0.598. The number of nitrogens with two attached hydrogens (primary N) is 1. The van der Waals surface area contributed by atoms with Crippen LogP contribution in [0.4, 0.5) is 5.82 Å². The van der Waals surface area contributed by atoms with Crippen molar-refractivity contribution in [1.82, 2.24) is 9.97 Å². The molecule has 2 rings (SSSR count). The normalized spacial score (nSPS) is 16.4. The molecule has 0 aliphatic heterocycles. The summed E-state index contributed by atoms with van der Waals surface area (Å²) in [5.74, 6) is 0.514. The van der Waals surface area contributed by atoms with Crippen LogP contribution in [0.5, 0.6) is 0 Å². The molecule has 1 aliphatic carbocycles. The standard InChI is InChI=1S/C9H10ClN3O/c10-9-12-7(5-2-1-3-5)6(4-14)8(11)13-9/h4-5H,1-3H2,(H2,11,12,13). The summed E-state index contributed by atoms with van der Waals surface area (Å²) in [5, 5.41) is 0.120. The SMILES string of the molecule is Nc1nc(Cl)nc(C2CCC2)c1C=O. The van der Waals surface area contributed by atoms with Crippen molar-refractivity contribution in [1.29, 1.82) is 0 Å². The van der Waals surface area contributed by atoms with Gasteiger partial charge in [0.05, 0.1) is 11.3 Å². The van der Waals surface area contributed by atoms with Crippen LogP contribution in [0.15, 0.2) is 0 Å². The smallest absolute Gasteiger partial charge is 0.224 e. The zero-order chi connectivity index (χ0) is 10.1. The highest BCUT2D eigenvalue weighted by Crippen LogP contribution is 2.37. The molecule has 0 aromatic carbocycles. The molecular weight excluding hydrogens is 202 g/mol. The molecule has 2 N–H and O–H groups in total. The summed E-state index contributed by atoms with van der Waals surface area (Å²) in [7, 11) is 0. The second-order valence-corrected chi connectivity index (χ2v) is 3.76. The summed E-state index contributed by atoms with van der Waals surface area (Å²) in [6, 6.07) is 0. The first-order valence-electron chi connectivity index (χ1n) is 4.50. The minimum absolute atomic E-state index is 0.120. The Morgan fingerprint density at radius 1 is 1.43 bits per heavy atom. The van der Waals surface area contributed by atoms with Crippen LogP contribution < -0.4 is 5.73 Å². The van der Waals surface area contributed by atoms with E-state index in [1.165, 1.54) is 6.42 Å². The number of rotatable bonds is 2. The van der Waals surface area contributed by atoms with Gasteiger partial charge in [0.15, 0.2) is 6.29 Å². The molecule has 0 spiro atoms. The molecule has 74 valence electrons. The number of carbonyl (C=O) groups excluding carboxylic acids is 1. The van der Waals surface area contributed by atoms with Gasteiger partial charge in [0.2, 0.25) is 5.28 Å². The molecule has 5 heteroatoms. The number of aldehydes is 1. The van der Waals surface area contributed by atoms with Gasteiger partial charge in [-0.1, -0.05) is 6.42 Å². The average Bonchev–Trinajstić information content (AvgIpc) is 1.99. The minimum Gasteiger partial charge on any atom is -0.383 e. The van der Waals surface area contributed by atoms with Gasteiger partial charge < -0.3 is 5.73 Å². The summed E-state index contributed by atoms with van der Waals surface area (Å²) < 4.78 is 0. The van der Waals surface area contributed by atoms with Gasteiger partial charge in [-0.05, 0) is 24.4 Å². The molecule has 0 amide bonds. The highest BCUT2D eigenvalue weighted by molar-refractivity contribution is 6.28. The van der Waals surface area contributed by atoms with Crippen molar-refractivity contribution in [2.45, 2.75) is 25.2 Å². The van der Waals surface area contributed by atoms with Gasteiger partial charge in [0.1, 0.15) is 5.82 Å². The van der Waals surface area contributed by atoms with Crippen LogP contribution in [0.2, 0.25) is 5.28 Å². The van der Waals surface area contributed by atoms with Crippen molar-refractivity contribution in [3.8, 4) is 0 Å². The highest BCUT2D eigenvalue weighted by Gasteiger charge is 2.25. The van der Waals surface area contributed by atoms with Gasteiger partial charge in [0, 0.05) is 5.92 Å². The van der Waals surface area contributed by atoms with E-state index >= 15 is 0 Å². The van der Waals surface area contributed by atoms with Gasteiger partial charge in [0.25, 0.3) is 0 Å². The van der Waals surface area contributed by atoms with E-state index in [1.807, 2.05) is 0 Å². The van der Waals surface area contributed by atoms with Crippen molar-refractivity contribution in [2.24, 2.45) is 0 Å². The lowest BCUT2D eigenvalue weighted by Crippen LogP contribution is -2.15. The van der Waals surface area contributed by atoms with Crippen LogP contribution in [0.3, 0.4) is 0 Å². The Kier molecular flexibility index (Phi) is 2.37. The Balaban J connectivity index is 2.49. The van der Waals surface area contributed by atoms with E-state index in [0.717, 1.165) is 12.8 Å². The molecule has 1 heterocycles. The fourth-order valence-electron chi connectivity index (χ4n) is 1.59. The second kappa shape index (κ2) is 3.53. The van der Waals surface area contributed by atoms with E-state index in [-0.39, 0.29) is 11.1 Å². The lowest BCUT2D eigenvalue weighted by Gasteiger charge is -2.25. The summed E-state index contributed by atoms with van der Waals surface area (Å²) in [4.78, 5) is 18.6. The van der Waals surface area contributed by atoms with Crippen LogP contribution in [-0.4, -0.2) is 16.3 Å². The zero-order valence-corrected chi connectivity index (χ0v) is 8.29. The first kappa shape index (κ1) is 9.40. The molecule has 1 saturated carbocycles. The van der Waals surface area contributed by atoms with Crippen molar-refractivity contribution in [2.75, 3.05) is 5.73 Å². The maximum atomic E-state index is 10.8. The molecule has 1 aromatic heterocycles. The number of hydrogen-bond donors (Lipinski definition) is 1. The van der Waals surface area contributed by atoms with Crippen molar-refractivity contribution in [3.05, 3.63) is 16.5 Å². The third-order valence-corrected chi connectivity index (χ3v) is 2.76. The Morgan fingerprint density at radius 2 is 2.14 bits per heavy atom. The lowest BCUT2D eigenvalue weighted by atomic mass is 9.81. The third-order valence-electron chi connectivity index (χ3n) is 2.59. The summed E-state index contributed by atoms with van der Waals surface area (Å²) in [6.45, 7) is 0. The molecule has 0 saturated heterocycles. The van der Waals surface area contributed by atoms with Crippen molar-refractivity contribution < 1.29 is 4.79 Å². The molecule has 0 atom stereocenters. The molecule has 1 aromatic rings. The maximum absolute atomic E-state index is 10.8. The number of carbonyl (C=O) groups is 1. The number of nitrogens with zero attached hydrogens (tertiary/aromatic N) is 2. The molecule has 0 bridgehead atoms. The number of nitrogen functional groups attached to an aromatic ring is 1. The van der Waals surface area contributed by atoms with Crippen molar-refractivity contribution >= 4 is 23.7 Å². The first-order valence-corrected chi connectivity index (χ1v) is 4.88. The van der Waals surface area contributed by atoms with Crippen molar-refractivity contribution in [3.63, 3.8) is 0 Å². The van der Waals surface area contributed by atoms with Crippen LogP contribution in [0.25, 0.3) is 0 Å². The fourth-order valence-corrected chi connectivity index (χ4v) is 1.77.